The van der Waals surface area contributed by atoms with E-state index >= 15 is 0 Å². The molecule has 0 bridgehead atoms. The van der Waals surface area contributed by atoms with Gasteiger partial charge in [-0.05, 0) is 38.0 Å². The van der Waals surface area contributed by atoms with E-state index < -0.39 is 5.82 Å². The molecule has 0 radical (unpaired) electrons. The molecule has 134 valence electrons. The summed E-state index contributed by atoms with van der Waals surface area (Å²) in [5.41, 5.74) is 6.29. The average Bonchev–Trinajstić information content (AvgIpc) is 2.95. The van der Waals surface area contributed by atoms with Crippen LogP contribution in [0.4, 0.5) is 20.9 Å². The van der Waals surface area contributed by atoms with Gasteiger partial charge >= 0.3 is 0 Å². The van der Waals surface area contributed by atoms with Gasteiger partial charge in [0.25, 0.3) is 0 Å². The molecule has 1 heterocycles. The van der Waals surface area contributed by atoms with E-state index in [4.69, 9.17) is 5.73 Å². The lowest BCUT2D eigenvalue weighted by molar-refractivity contribution is -0.116. The molecular formula is C17H21FN4O2S. The number of carbonyl (C=O) groups is 2. The summed E-state index contributed by atoms with van der Waals surface area (Å²) in [4.78, 5) is 28.7. The summed E-state index contributed by atoms with van der Waals surface area (Å²) in [7, 11) is 0. The number of nitrogen functional groups attached to an aromatic ring is 1. The van der Waals surface area contributed by atoms with Gasteiger partial charge in [-0.15, -0.1) is 11.3 Å². The van der Waals surface area contributed by atoms with Crippen molar-refractivity contribution in [3.8, 4) is 0 Å². The first kappa shape index (κ1) is 18.9. The summed E-state index contributed by atoms with van der Waals surface area (Å²) in [5.74, 6) is -0.753. The number of carbonyl (C=O) groups excluding carboxylic acids is 2. The van der Waals surface area contributed by atoms with E-state index in [1.165, 1.54) is 29.5 Å². The number of aryl methyl sites for hydroxylation is 1. The van der Waals surface area contributed by atoms with Gasteiger partial charge in [0, 0.05) is 23.9 Å². The van der Waals surface area contributed by atoms with Crippen LogP contribution in [-0.2, 0) is 9.59 Å². The normalized spacial score (nSPS) is 10.5. The third-order valence-electron chi connectivity index (χ3n) is 3.46. The number of nitrogens with zero attached hydrogens (tertiary/aromatic N) is 1. The fourth-order valence-electron chi connectivity index (χ4n) is 2.19. The van der Waals surface area contributed by atoms with E-state index in [-0.39, 0.29) is 17.5 Å². The van der Waals surface area contributed by atoms with Crippen LogP contribution in [0, 0.1) is 12.7 Å². The Balaban J connectivity index is 1.61. The smallest absolute Gasteiger partial charge is 0.226 e. The number of unbranched alkanes of at least 4 members (excludes halogenated alkanes) is 2. The minimum Gasteiger partial charge on any atom is -0.397 e. The second kappa shape index (κ2) is 9.12. The molecule has 2 rings (SSSR count). The van der Waals surface area contributed by atoms with Crippen LogP contribution in [-0.4, -0.2) is 16.8 Å². The lowest BCUT2D eigenvalue weighted by atomic mass is 10.1. The molecule has 0 saturated heterocycles. The number of thiazole rings is 1. The van der Waals surface area contributed by atoms with Crippen molar-refractivity contribution in [2.45, 2.75) is 39.0 Å². The Morgan fingerprint density at radius 3 is 2.48 bits per heavy atom. The summed E-state index contributed by atoms with van der Waals surface area (Å²) < 4.78 is 13.1. The fourth-order valence-corrected chi connectivity index (χ4v) is 2.87. The number of rotatable bonds is 8. The molecule has 8 heteroatoms. The molecule has 2 aromatic rings. The first-order valence-electron chi connectivity index (χ1n) is 8.01. The van der Waals surface area contributed by atoms with Gasteiger partial charge in [-0.25, -0.2) is 9.37 Å². The second-order valence-corrected chi connectivity index (χ2v) is 6.90. The number of nitrogens with two attached hydrogens (primary N) is 1. The molecule has 0 atom stereocenters. The van der Waals surface area contributed by atoms with Gasteiger partial charge in [0.15, 0.2) is 5.13 Å². The first-order chi connectivity index (χ1) is 11.9. The number of nitrogens with one attached hydrogen (secondary N) is 2. The Labute approximate surface area is 149 Å². The van der Waals surface area contributed by atoms with Crippen LogP contribution in [0.15, 0.2) is 24.4 Å². The SMILES string of the molecule is Cc1cnc(NC(=O)CCCCCC(=O)Nc2cc(F)ccc2N)s1. The topological polar surface area (TPSA) is 97.1 Å². The van der Waals surface area contributed by atoms with Crippen molar-refractivity contribution in [2.24, 2.45) is 0 Å². The van der Waals surface area contributed by atoms with Crippen LogP contribution < -0.4 is 16.4 Å². The van der Waals surface area contributed by atoms with Crippen LogP contribution in [0.25, 0.3) is 0 Å². The van der Waals surface area contributed by atoms with E-state index in [1.807, 2.05) is 6.92 Å². The molecule has 0 saturated carbocycles. The minimum atomic E-state index is -0.453. The standard InChI is InChI=1S/C17H21FN4O2S/c1-11-10-20-17(25-11)22-16(24)6-4-2-3-5-15(23)21-14-9-12(18)7-8-13(14)19/h7-10H,2-6,19H2,1H3,(H,21,23)(H,20,22,24). The molecule has 0 aliphatic rings. The number of hydrogen-bond acceptors (Lipinski definition) is 5. The molecule has 0 spiro atoms. The lowest BCUT2D eigenvalue weighted by Gasteiger charge is -2.08. The average molecular weight is 364 g/mol. The highest BCUT2D eigenvalue weighted by Crippen LogP contribution is 2.20. The second-order valence-electron chi connectivity index (χ2n) is 5.66. The highest BCUT2D eigenvalue weighted by molar-refractivity contribution is 7.15. The van der Waals surface area contributed by atoms with Crippen molar-refractivity contribution < 1.29 is 14.0 Å². The molecule has 0 aliphatic heterocycles. The summed E-state index contributed by atoms with van der Waals surface area (Å²) in [6, 6.07) is 3.84. The van der Waals surface area contributed by atoms with Gasteiger partial charge in [-0.3, -0.25) is 9.59 Å². The van der Waals surface area contributed by atoms with Gasteiger partial charge in [0.2, 0.25) is 11.8 Å². The maximum Gasteiger partial charge on any atom is 0.226 e. The van der Waals surface area contributed by atoms with Gasteiger partial charge in [0.05, 0.1) is 11.4 Å². The Hall–Kier alpha value is -2.48. The summed E-state index contributed by atoms with van der Waals surface area (Å²) >= 11 is 1.43. The van der Waals surface area contributed by atoms with Crippen LogP contribution in [0.1, 0.15) is 37.0 Å². The van der Waals surface area contributed by atoms with Crippen molar-refractivity contribution in [2.75, 3.05) is 16.4 Å². The van der Waals surface area contributed by atoms with Gasteiger partial charge in [-0.2, -0.15) is 0 Å². The minimum absolute atomic E-state index is 0.0775. The Bertz CT molecular complexity index is 748. The summed E-state index contributed by atoms with van der Waals surface area (Å²) in [6.45, 7) is 1.93. The molecule has 0 fully saturated rings. The molecule has 6 nitrogen and oxygen atoms in total. The number of anilines is 3. The van der Waals surface area contributed by atoms with E-state index in [1.54, 1.807) is 6.20 Å². The predicted molar refractivity (Wildman–Crippen MR) is 98.0 cm³/mol. The third kappa shape index (κ3) is 6.50. The number of halogens is 1. The third-order valence-corrected chi connectivity index (χ3v) is 4.29. The molecular weight excluding hydrogens is 343 g/mol. The maximum atomic E-state index is 13.1. The number of benzene rings is 1. The van der Waals surface area contributed by atoms with Crippen LogP contribution in [0.3, 0.4) is 0 Å². The molecule has 25 heavy (non-hydrogen) atoms. The van der Waals surface area contributed by atoms with E-state index in [0.29, 0.717) is 36.5 Å². The first-order valence-corrected chi connectivity index (χ1v) is 8.83. The number of hydrogen-bond donors (Lipinski definition) is 3. The highest BCUT2D eigenvalue weighted by Gasteiger charge is 2.08. The van der Waals surface area contributed by atoms with Gasteiger partial charge in [-0.1, -0.05) is 6.42 Å². The van der Waals surface area contributed by atoms with Crippen molar-refractivity contribution in [1.29, 1.82) is 0 Å². The Kier molecular flexibility index (Phi) is 6.88. The summed E-state index contributed by atoms with van der Waals surface area (Å²) in [5, 5.41) is 5.95. The van der Waals surface area contributed by atoms with Crippen molar-refractivity contribution in [3.05, 3.63) is 35.1 Å². The van der Waals surface area contributed by atoms with Crippen molar-refractivity contribution in [1.82, 2.24) is 4.98 Å². The molecule has 1 aromatic heterocycles. The monoisotopic (exact) mass is 364 g/mol. The lowest BCUT2D eigenvalue weighted by Crippen LogP contribution is -2.13. The molecule has 0 aliphatic carbocycles. The van der Waals surface area contributed by atoms with Gasteiger partial charge < -0.3 is 16.4 Å². The number of amides is 2. The van der Waals surface area contributed by atoms with E-state index in [2.05, 4.69) is 15.6 Å². The highest BCUT2D eigenvalue weighted by atomic mass is 32.1. The molecule has 4 N–H and O–H groups in total. The van der Waals surface area contributed by atoms with Crippen molar-refractivity contribution >= 4 is 39.7 Å². The molecule has 2 amide bonds. The van der Waals surface area contributed by atoms with Crippen LogP contribution in [0.5, 0.6) is 0 Å². The van der Waals surface area contributed by atoms with E-state index in [9.17, 15) is 14.0 Å². The van der Waals surface area contributed by atoms with E-state index in [0.717, 1.165) is 11.3 Å². The number of aromatic nitrogens is 1. The van der Waals surface area contributed by atoms with Crippen LogP contribution >= 0.6 is 11.3 Å². The van der Waals surface area contributed by atoms with Crippen LogP contribution in [0.2, 0.25) is 0 Å². The van der Waals surface area contributed by atoms with Gasteiger partial charge in [0.1, 0.15) is 5.82 Å². The predicted octanol–water partition coefficient (Wildman–Crippen LogP) is 3.70. The molecule has 1 aromatic carbocycles. The zero-order valence-corrected chi connectivity index (χ0v) is 14.8. The quantitative estimate of drug-likeness (QED) is 0.491. The zero-order valence-electron chi connectivity index (χ0n) is 14.0. The Morgan fingerprint density at radius 1 is 1.16 bits per heavy atom. The maximum absolute atomic E-state index is 13.1. The zero-order chi connectivity index (χ0) is 18.2. The Morgan fingerprint density at radius 2 is 1.84 bits per heavy atom. The van der Waals surface area contributed by atoms with Crippen molar-refractivity contribution in [3.63, 3.8) is 0 Å². The summed E-state index contributed by atoms with van der Waals surface area (Å²) in [6.07, 6.45) is 4.47. The molecule has 0 unspecified atom stereocenters. The largest absolute Gasteiger partial charge is 0.397 e. The fraction of sp³-hybridized carbons (Fsp3) is 0.353.